The first-order valence-corrected chi connectivity index (χ1v) is 8.62. The summed E-state index contributed by atoms with van der Waals surface area (Å²) in [5, 5.41) is 11.4. The summed E-state index contributed by atoms with van der Waals surface area (Å²) in [7, 11) is 0. The zero-order chi connectivity index (χ0) is 15.0. The summed E-state index contributed by atoms with van der Waals surface area (Å²) in [6.45, 7) is 4.57. The van der Waals surface area contributed by atoms with E-state index >= 15 is 0 Å². The van der Waals surface area contributed by atoms with Gasteiger partial charge in [0.15, 0.2) is 0 Å². The molecule has 1 N–H and O–H groups in total. The fourth-order valence-corrected chi connectivity index (χ4v) is 3.62. The Hall–Kier alpha value is -0.680. The van der Waals surface area contributed by atoms with E-state index in [2.05, 4.69) is 49.7 Å². The van der Waals surface area contributed by atoms with Crippen LogP contribution in [-0.4, -0.2) is 23.1 Å². The van der Waals surface area contributed by atoms with Crippen molar-refractivity contribution < 1.29 is 5.11 Å². The number of hydrogen-bond donors (Lipinski definition) is 1. The van der Waals surface area contributed by atoms with Gasteiger partial charge in [0, 0.05) is 22.0 Å². The maximum absolute atomic E-state index is 11.4. The van der Waals surface area contributed by atoms with E-state index in [1.807, 2.05) is 36.4 Å². The van der Waals surface area contributed by atoms with E-state index in [1.165, 1.54) is 5.56 Å². The lowest BCUT2D eigenvalue weighted by atomic mass is 9.80. The SMILES string of the molecule is CCN1Cc2ccccc2C(O)(c2ccc(Br)c(Br)c2)C1. The number of nitrogens with zero attached hydrogens (tertiary/aromatic N) is 1. The van der Waals surface area contributed by atoms with Crippen LogP contribution >= 0.6 is 31.9 Å². The Bertz CT molecular complexity index is 674. The summed E-state index contributed by atoms with van der Waals surface area (Å²) in [4.78, 5) is 2.28. The van der Waals surface area contributed by atoms with Crippen LogP contribution in [0.25, 0.3) is 0 Å². The van der Waals surface area contributed by atoms with Gasteiger partial charge in [0.05, 0.1) is 0 Å². The predicted octanol–water partition coefficient (Wildman–Crippen LogP) is 4.28. The molecule has 0 bridgehead atoms. The molecule has 1 aliphatic rings. The first kappa shape index (κ1) is 15.2. The summed E-state index contributed by atoms with van der Waals surface area (Å²) in [5.74, 6) is 0. The van der Waals surface area contributed by atoms with Gasteiger partial charge in [-0.1, -0.05) is 37.3 Å². The van der Waals surface area contributed by atoms with E-state index in [0.29, 0.717) is 6.54 Å². The third kappa shape index (κ3) is 2.70. The normalized spacial score (nSPS) is 22.1. The standard InChI is InChI=1S/C17H17Br2NO/c1-2-20-10-12-5-3-4-6-14(12)17(21,11-20)13-7-8-15(18)16(19)9-13/h3-9,21H,2,10-11H2,1H3. The van der Waals surface area contributed by atoms with Gasteiger partial charge in [-0.05, 0) is 67.2 Å². The molecule has 2 aromatic rings. The average Bonchev–Trinajstić information content (AvgIpc) is 2.50. The second-order valence-corrected chi connectivity index (χ2v) is 7.16. The summed E-state index contributed by atoms with van der Waals surface area (Å²) in [5.41, 5.74) is 2.17. The highest BCUT2D eigenvalue weighted by molar-refractivity contribution is 9.13. The van der Waals surface area contributed by atoms with Crippen LogP contribution in [0.4, 0.5) is 0 Å². The molecule has 0 saturated heterocycles. The molecule has 1 unspecified atom stereocenters. The molecule has 110 valence electrons. The Kier molecular flexibility index (Phi) is 4.23. The molecular weight excluding hydrogens is 394 g/mol. The molecule has 21 heavy (non-hydrogen) atoms. The van der Waals surface area contributed by atoms with Gasteiger partial charge in [-0.2, -0.15) is 0 Å². The van der Waals surface area contributed by atoms with E-state index < -0.39 is 5.60 Å². The third-order valence-electron chi connectivity index (χ3n) is 4.15. The molecule has 0 saturated carbocycles. The highest BCUT2D eigenvalue weighted by atomic mass is 79.9. The van der Waals surface area contributed by atoms with Crippen molar-refractivity contribution in [3.05, 3.63) is 68.1 Å². The van der Waals surface area contributed by atoms with Crippen LogP contribution in [-0.2, 0) is 12.1 Å². The first-order chi connectivity index (χ1) is 10.0. The molecule has 0 aromatic heterocycles. The number of aliphatic hydroxyl groups is 1. The minimum Gasteiger partial charge on any atom is -0.379 e. The Labute approximate surface area is 142 Å². The Morgan fingerprint density at radius 3 is 2.62 bits per heavy atom. The highest BCUT2D eigenvalue weighted by Gasteiger charge is 2.38. The second kappa shape index (κ2) is 5.84. The summed E-state index contributed by atoms with van der Waals surface area (Å²) < 4.78 is 1.95. The van der Waals surface area contributed by atoms with Gasteiger partial charge in [-0.25, -0.2) is 0 Å². The highest BCUT2D eigenvalue weighted by Crippen LogP contribution is 2.39. The minimum absolute atomic E-state index is 0.620. The molecule has 0 amide bonds. The van der Waals surface area contributed by atoms with Crippen molar-refractivity contribution in [1.82, 2.24) is 4.90 Å². The van der Waals surface area contributed by atoms with Gasteiger partial charge in [0.1, 0.15) is 5.60 Å². The zero-order valence-electron chi connectivity index (χ0n) is 11.8. The maximum atomic E-state index is 11.4. The van der Waals surface area contributed by atoms with E-state index in [0.717, 1.165) is 33.2 Å². The van der Waals surface area contributed by atoms with Crippen molar-refractivity contribution in [2.45, 2.75) is 19.1 Å². The molecular formula is C17H17Br2NO. The second-order valence-electron chi connectivity index (χ2n) is 5.45. The smallest absolute Gasteiger partial charge is 0.128 e. The summed E-state index contributed by atoms with van der Waals surface area (Å²) in [6.07, 6.45) is 0. The van der Waals surface area contributed by atoms with Gasteiger partial charge in [-0.3, -0.25) is 4.90 Å². The van der Waals surface area contributed by atoms with E-state index in [4.69, 9.17) is 0 Å². The molecule has 0 radical (unpaired) electrons. The zero-order valence-corrected chi connectivity index (χ0v) is 15.0. The van der Waals surface area contributed by atoms with Gasteiger partial charge in [-0.15, -0.1) is 0 Å². The fraction of sp³-hybridized carbons (Fsp3) is 0.294. The fourth-order valence-electron chi connectivity index (χ4n) is 2.99. The van der Waals surface area contributed by atoms with Gasteiger partial charge in [0.2, 0.25) is 0 Å². The van der Waals surface area contributed by atoms with Crippen molar-refractivity contribution >= 4 is 31.9 Å². The number of β-amino-alcohol motifs (C(OH)–C–C–N with tert-alkyl or cyclic N) is 1. The molecule has 3 rings (SSSR count). The van der Waals surface area contributed by atoms with Crippen LogP contribution in [0.5, 0.6) is 0 Å². The summed E-state index contributed by atoms with van der Waals surface area (Å²) >= 11 is 7.03. The largest absolute Gasteiger partial charge is 0.379 e. The monoisotopic (exact) mass is 409 g/mol. The topological polar surface area (TPSA) is 23.5 Å². The molecule has 0 spiro atoms. The number of halogens is 2. The van der Waals surface area contributed by atoms with Gasteiger partial charge >= 0.3 is 0 Å². The van der Waals surface area contributed by atoms with Crippen LogP contribution in [0, 0.1) is 0 Å². The number of hydrogen-bond acceptors (Lipinski definition) is 2. The Morgan fingerprint density at radius 2 is 1.90 bits per heavy atom. The van der Waals surface area contributed by atoms with Crippen molar-refractivity contribution in [2.24, 2.45) is 0 Å². The number of benzene rings is 2. The van der Waals surface area contributed by atoms with Crippen molar-refractivity contribution in [3.63, 3.8) is 0 Å². The molecule has 0 aliphatic carbocycles. The molecule has 4 heteroatoms. The predicted molar refractivity (Wildman–Crippen MR) is 92.2 cm³/mol. The average molecular weight is 411 g/mol. The lowest BCUT2D eigenvalue weighted by Crippen LogP contribution is -2.46. The molecule has 2 nitrogen and oxygen atoms in total. The van der Waals surface area contributed by atoms with E-state index in [1.54, 1.807) is 0 Å². The Balaban J connectivity index is 2.15. The third-order valence-corrected chi connectivity index (χ3v) is 6.03. The van der Waals surface area contributed by atoms with Crippen LogP contribution in [0.1, 0.15) is 23.6 Å². The minimum atomic E-state index is -0.964. The maximum Gasteiger partial charge on any atom is 0.128 e. The molecule has 1 aliphatic heterocycles. The van der Waals surface area contributed by atoms with Crippen molar-refractivity contribution in [3.8, 4) is 0 Å². The molecule has 2 aromatic carbocycles. The lowest BCUT2D eigenvalue weighted by Gasteiger charge is -2.41. The first-order valence-electron chi connectivity index (χ1n) is 7.03. The molecule has 1 heterocycles. The molecule has 0 fully saturated rings. The van der Waals surface area contributed by atoms with Gasteiger partial charge < -0.3 is 5.11 Å². The van der Waals surface area contributed by atoms with Crippen molar-refractivity contribution in [1.29, 1.82) is 0 Å². The van der Waals surface area contributed by atoms with Crippen LogP contribution < -0.4 is 0 Å². The van der Waals surface area contributed by atoms with Crippen LogP contribution in [0.3, 0.4) is 0 Å². The van der Waals surface area contributed by atoms with E-state index in [-0.39, 0.29) is 0 Å². The quantitative estimate of drug-likeness (QED) is 0.798. The lowest BCUT2D eigenvalue weighted by molar-refractivity contribution is 0.0204. The van der Waals surface area contributed by atoms with E-state index in [9.17, 15) is 5.11 Å². The van der Waals surface area contributed by atoms with Crippen LogP contribution in [0.15, 0.2) is 51.4 Å². The molecule has 1 atom stereocenters. The summed E-state index contributed by atoms with van der Waals surface area (Å²) in [6, 6.07) is 14.2. The Morgan fingerprint density at radius 1 is 1.14 bits per heavy atom. The number of fused-ring (bicyclic) bond motifs is 1. The number of rotatable bonds is 2. The number of likely N-dealkylation sites (N-methyl/N-ethyl adjacent to an activating group) is 1. The van der Waals surface area contributed by atoms with Crippen molar-refractivity contribution in [2.75, 3.05) is 13.1 Å². The van der Waals surface area contributed by atoms with Gasteiger partial charge in [0.25, 0.3) is 0 Å². The van der Waals surface area contributed by atoms with Crippen LogP contribution in [0.2, 0.25) is 0 Å².